The third-order valence-corrected chi connectivity index (χ3v) is 6.24. The largest absolute Gasteiger partial charge is 0.271 e. The first-order valence-electron chi connectivity index (χ1n) is 9.90. The maximum absolute atomic E-state index is 12.5. The van der Waals surface area contributed by atoms with E-state index in [0.29, 0.717) is 17.7 Å². The quantitative estimate of drug-likeness (QED) is 0.401. The number of benzene rings is 2. The molecule has 0 aliphatic carbocycles. The summed E-state index contributed by atoms with van der Waals surface area (Å²) in [4.78, 5) is 12.5. The monoisotopic (exact) mass is 473 g/mol. The highest BCUT2D eigenvalue weighted by Crippen LogP contribution is 2.23. The predicted octanol–water partition coefficient (Wildman–Crippen LogP) is 3.31. The van der Waals surface area contributed by atoms with E-state index in [4.69, 9.17) is 11.6 Å². The van der Waals surface area contributed by atoms with Crippen LogP contribution in [0.25, 0.3) is 5.69 Å². The minimum Gasteiger partial charge on any atom is -0.271 e. The number of anilines is 1. The molecule has 1 amide bonds. The molecular weight excluding hydrogens is 450 g/mol. The molecule has 3 rings (SSSR count). The number of aryl methyl sites for hydroxylation is 1. The molecule has 3 aromatic rings. The summed E-state index contributed by atoms with van der Waals surface area (Å²) in [5, 5.41) is 8.50. The molecule has 0 radical (unpaired) electrons. The minimum absolute atomic E-state index is 0.235. The first kappa shape index (κ1) is 23.5. The Kier molecular flexibility index (Phi) is 7.32. The summed E-state index contributed by atoms with van der Waals surface area (Å²) in [6, 6.07) is 16.6. The zero-order valence-corrected chi connectivity index (χ0v) is 19.6. The van der Waals surface area contributed by atoms with E-state index in [2.05, 4.69) is 15.6 Å². The van der Waals surface area contributed by atoms with Crippen LogP contribution in [0.5, 0.6) is 0 Å². The average Bonchev–Trinajstić information content (AvgIpc) is 3.05. The summed E-state index contributed by atoms with van der Waals surface area (Å²) < 4.78 is 27.4. The van der Waals surface area contributed by atoms with Crippen molar-refractivity contribution in [1.29, 1.82) is 0 Å². The van der Waals surface area contributed by atoms with Crippen LogP contribution in [0.4, 0.5) is 5.69 Å². The van der Waals surface area contributed by atoms with Gasteiger partial charge in [0, 0.05) is 0 Å². The first-order valence-corrected chi connectivity index (χ1v) is 12.1. The number of carbonyl (C=O) groups excluding carboxylic acids is 1. The van der Waals surface area contributed by atoms with E-state index in [9.17, 15) is 13.2 Å². The number of para-hydroxylation sites is 2. The van der Waals surface area contributed by atoms with E-state index in [1.165, 1.54) is 6.21 Å². The van der Waals surface area contributed by atoms with E-state index < -0.39 is 22.5 Å². The molecule has 0 saturated heterocycles. The Balaban J connectivity index is 1.76. The van der Waals surface area contributed by atoms with Gasteiger partial charge >= 0.3 is 0 Å². The molecule has 1 aromatic heterocycles. The van der Waals surface area contributed by atoms with Gasteiger partial charge in [-0.1, -0.05) is 54.9 Å². The standard InChI is InChI=1S/C22H24ClN5O3S/c1-4-17-10-8-9-13-20(17)27(32(3,30)31)15-21(29)25-24-14-19-16(2)28(26-22(19)23)18-11-6-5-7-12-18/h5-14H,4,15H2,1-3H3,(H,25,29)/b24-14-. The van der Waals surface area contributed by atoms with Gasteiger partial charge in [0.2, 0.25) is 10.0 Å². The Labute approximate surface area is 192 Å². The van der Waals surface area contributed by atoms with Crippen molar-refractivity contribution in [3.8, 4) is 5.69 Å². The van der Waals surface area contributed by atoms with Crippen LogP contribution in [0, 0.1) is 6.92 Å². The highest BCUT2D eigenvalue weighted by molar-refractivity contribution is 7.92. The van der Waals surface area contributed by atoms with Crippen LogP contribution >= 0.6 is 11.6 Å². The molecular formula is C22H24ClN5O3S. The molecule has 0 saturated carbocycles. The summed E-state index contributed by atoms with van der Waals surface area (Å²) >= 11 is 6.25. The second-order valence-corrected chi connectivity index (χ2v) is 9.35. The third-order valence-electron chi connectivity index (χ3n) is 4.83. The molecule has 0 bridgehead atoms. The Morgan fingerprint density at radius 2 is 1.84 bits per heavy atom. The maximum Gasteiger partial charge on any atom is 0.260 e. The van der Waals surface area contributed by atoms with Crippen LogP contribution in [-0.4, -0.2) is 43.1 Å². The number of amides is 1. The number of rotatable bonds is 8. The predicted molar refractivity (Wildman–Crippen MR) is 127 cm³/mol. The number of hydrazone groups is 1. The van der Waals surface area contributed by atoms with Gasteiger partial charge in [-0.25, -0.2) is 18.5 Å². The van der Waals surface area contributed by atoms with E-state index in [1.807, 2.05) is 56.3 Å². The molecule has 0 spiro atoms. The van der Waals surface area contributed by atoms with Crippen molar-refractivity contribution in [3.05, 3.63) is 76.6 Å². The fourth-order valence-electron chi connectivity index (χ4n) is 3.22. The van der Waals surface area contributed by atoms with Gasteiger partial charge in [0.15, 0.2) is 5.15 Å². The van der Waals surface area contributed by atoms with Gasteiger partial charge in [0.05, 0.1) is 35.1 Å². The Bertz CT molecular complexity index is 1240. The highest BCUT2D eigenvalue weighted by atomic mass is 35.5. The Hall–Kier alpha value is -3.17. The van der Waals surface area contributed by atoms with Gasteiger partial charge in [-0.3, -0.25) is 9.10 Å². The summed E-state index contributed by atoms with van der Waals surface area (Å²) in [7, 11) is -3.68. The molecule has 0 unspecified atom stereocenters. The van der Waals surface area contributed by atoms with Crippen molar-refractivity contribution in [1.82, 2.24) is 15.2 Å². The fourth-order valence-corrected chi connectivity index (χ4v) is 4.36. The summed E-state index contributed by atoms with van der Waals surface area (Å²) in [6.45, 7) is 3.36. The molecule has 10 heteroatoms. The van der Waals surface area contributed by atoms with E-state index >= 15 is 0 Å². The summed E-state index contributed by atoms with van der Waals surface area (Å²) in [6.07, 6.45) is 3.09. The van der Waals surface area contributed by atoms with E-state index in [-0.39, 0.29) is 5.15 Å². The van der Waals surface area contributed by atoms with Crippen molar-refractivity contribution in [2.24, 2.45) is 5.10 Å². The van der Waals surface area contributed by atoms with E-state index in [0.717, 1.165) is 27.5 Å². The minimum atomic E-state index is -3.68. The molecule has 168 valence electrons. The molecule has 8 nitrogen and oxygen atoms in total. The molecule has 0 fully saturated rings. The lowest BCUT2D eigenvalue weighted by Gasteiger charge is -2.23. The van der Waals surface area contributed by atoms with Crippen molar-refractivity contribution in [2.45, 2.75) is 20.3 Å². The van der Waals surface area contributed by atoms with Crippen molar-refractivity contribution in [3.63, 3.8) is 0 Å². The smallest absolute Gasteiger partial charge is 0.260 e. The van der Waals surface area contributed by atoms with Gasteiger partial charge in [-0.15, -0.1) is 0 Å². The topological polar surface area (TPSA) is 96.7 Å². The SMILES string of the molecule is CCc1ccccc1N(CC(=O)N/N=C\c1c(Cl)nn(-c2ccccc2)c1C)S(C)(=O)=O. The average molecular weight is 474 g/mol. The van der Waals surface area contributed by atoms with Crippen molar-refractivity contribution >= 4 is 39.4 Å². The highest BCUT2D eigenvalue weighted by Gasteiger charge is 2.22. The summed E-state index contributed by atoms with van der Waals surface area (Å²) in [5.74, 6) is -0.582. The number of halogens is 1. The van der Waals surface area contributed by atoms with Gasteiger partial charge < -0.3 is 0 Å². The number of hydrogen-bond acceptors (Lipinski definition) is 5. The molecule has 2 aromatic carbocycles. The number of carbonyl (C=O) groups is 1. The Morgan fingerprint density at radius 1 is 1.19 bits per heavy atom. The number of nitrogens with one attached hydrogen (secondary N) is 1. The molecule has 1 N–H and O–H groups in total. The second kappa shape index (κ2) is 9.97. The fraction of sp³-hybridized carbons (Fsp3) is 0.227. The second-order valence-electron chi connectivity index (χ2n) is 7.08. The molecule has 0 aliphatic rings. The lowest BCUT2D eigenvalue weighted by Crippen LogP contribution is -2.39. The van der Waals surface area contributed by atoms with Gasteiger partial charge in [0.1, 0.15) is 6.54 Å². The molecule has 1 heterocycles. The summed E-state index contributed by atoms with van der Waals surface area (Å²) in [5.41, 5.74) is 5.80. The first-order chi connectivity index (χ1) is 15.2. The van der Waals surface area contributed by atoms with Gasteiger partial charge in [-0.05, 0) is 37.1 Å². The normalized spacial score (nSPS) is 11.6. The number of nitrogens with zero attached hydrogens (tertiary/aromatic N) is 4. The van der Waals surface area contributed by atoms with Gasteiger partial charge in [0.25, 0.3) is 5.91 Å². The van der Waals surface area contributed by atoms with Gasteiger partial charge in [-0.2, -0.15) is 10.2 Å². The molecule has 0 atom stereocenters. The number of aromatic nitrogens is 2. The molecule has 32 heavy (non-hydrogen) atoms. The lowest BCUT2D eigenvalue weighted by atomic mass is 10.1. The maximum atomic E-state index is 12.5. The van der Waals surface area contributed by atoms with Crippen LogP contribution in [0.2, 0.25) is 5.15 Å². The number of hydrogen-bond donors (Lipinski definition) is 1. The van der Waals surface area contributed by atoms with Crippen LogP contribution < -0.4 is 9.73 Å². The van der Waals surface area contributed by atoms with Crippen LogP contribution in [0.15, 0.2) is 59.7 Å². The number of sulfonamides is 1. The van der Waals surface area contributed by atoms with Crippen LogP contribution in [-0.2, 0) is 21.2 Å². The van der Waals surface area contributed by atoms with Crippen molar-refractivity contribution < 1.29 is 13.2 Å². The van der Waals surface area contributed by atoms with E-state index in [1.54, 1.807) is 16.8 Å². The Morgan fingerprint density at radius 3 is 2.50 bits per heavy atom. The zero-order chi connectivity index (χ0) is 23.3. The van der Waals surface area contributed by atoms with Crippen LogP contribution in [0.1, 0.15) is 23.7 Å². The third kappa shape index (κ3) is 5.35. The lowest BCUT2D eigenvalue weighted by molar-refractivity contribution is -0.119. The van der Waals surface area contributed by atoms with Crippen LogP contribution in [0.3, 0.4) is 0 Å². The zero-order valence-electron chi connectivity index (χ0n) is 18.0. The van der Waals surface area contributed by atoms with Crippen molar-refractivity contribution in [2.75, 3.05) is 17.1 Å². The molecule has 0 aliphatic heterocycles.